The van der Waals surface area contributed by atoms with Crippen molar-refractivity contribution in [1.82, 2.24) is 0 Å². The van der Waals surface area contributed by atoms with Crippen LogP contribution in [0.25, 0.3) is 0 Å². The summed E-state index contributed by atoms with van der Waals surface area (Å²) in [6, 6.07) is 0. The lowest BCUT2D eigenvalue weighted by atomic mass is 11.2. The zero-order valence-electron chi connectivity index (χ0n) is 4.48. The van der Waals surface area contributed by atoms with E-state index in [2.05, 4.69) is 0 Å². The lowest BCUT2D eigenvalue weighted by molar-refractivity contribution is 0.693. The van der Waals surface area contributed by atoms with Gasteiger partial charge in [0.15, 0.2) is 0 Å². The van der Waals surface area contributed by atoms with E-state index in [1.807, 2.05) is 0 Å². The van der Waals surface area contributed by atoms with Gasteiger partial charge >= 0.3 is 0 Å². The second-order valence-corrected chi connectivity index (χ2v) is 4.29. The summed E-state index contributed by atoms with van der Waals surface area (Å²) in [5.74, 6) is 0. The molecule has 0 fully saturated rings. The first kappa shape index (κ1) is 10.8. The Hall–Kier alpha value is 0.790. The molecule has 58 valence electrons. The Morgan fingerprint density at radius 3 is 1.50 bits per heavy atom. The smallest absolute Gasteiger partial charge is 0.115 e. The molecule has 0 aliphatic carbocycles. The molecule has 0 bridgehead atoms. The van der Waals surface area contributed by atoms with Gasteiger partial charge < -0.3 is 0 Å². The maximum Gasteiger partial charge on any atom is 0.115 e. The molecule has 1 nitrogen and oxygen atoms in total. The summed E-state index contributed by atoms with van der Waals surface area (Å²) in [6.45, 7) is 0. The number of rotatable bonds is 2. The summed E-state index contributed by atoms with van der Waals surface area (Å²) in [5, 5.41) is 2.21. The van der Waals surface area contributed by atoms with E-state index in [0.29, 0.717) is 0 Å². The molecule has 0 spiro atoms. The van der Waals surface area contributed by atoms with Gasteiger partial charge in [-0.05, 0) is 0 Å². The third kappa shape index (κ3) is 6.90. The first-order chi connectivity index (χ1) is 4.52. The fraction of sp³-hybridized carbons (Fsp3) is 0. The third-order valence-electron chi connectivity index (χ3n) is 0.410. The van der Waals surface area contributed by atoms with Crippen LogP contribution in [0.1, 0.15) is 0 Å². The van der Waals surface area contributed by atoms with Gasteiger partial charge in [-0.2, -0.15) is 0 Å². The molecule has 0 aliphatic heterocycles. The van der Waals surface area contributed by atoms with E-state index in [4.69, 9.17) is 46.4 Å². The van der Waals surface area contributed by atoms with Crippen LogP contribution in [-0.2, 0) is 10.8 Å². The fourth-order valence-corrected chi connectivity index (χ4v) is 1.68. The van der Waals surface area contributed by atoms with Gasteiger partial charge in [0, 0.05) is 10.8 Å². The Morgan fingerprint density at radius 2 is 1.30 bits per heavy atom. The average Bonchev–Trinajstić information content (AvgIpc) is 1.58. The van der Waals surface area contributed by atoms with Gasteiger partial charge in [0.2, 0.25) is 0 Å². The van der Waals surface area contributed by atoms with Gasteiger partial charge in [-0.25, -0.2) is 0 Å². The van der Waals surface area contributed by atoms with E-state index in [-0.39, 0.29) is 8.98 Å². The van der Waals surface area contributed by atoms with Gasteiger partial charge in [0.05, 0.1) is 10.8 Å². The van der Waals surface area contributed by atoms with Crippen LogP contribution in [0.15, 0.2) is 19.8 Å². The highest BCUT2D eigenvalue weighted by atomic mass is 35.5. The highest BCUT2D eigenvalue weighted by molar-refractivity contribution is 7.91. The van der Waals surface area contributed by atoms with E-state index in [9.17, 15) is 4.21 Å². The Balaban J connectivity index is 4.14. The largest absolute Gasteiger partial charge is 0.250 e. The minimum Gasteiger partial charge on any atom is -0.250 e. The molecule has 0 atom stereocenters. The molecule has 0 saturated heterocycles. The zero-order chi connectivity index (χ0) is 8.15. The van der Waals surface area contributed by atoms with Crippen molar-refractivity contribution in [1.29, 1.82) is 0 Å². The van der Waals surface area contributed by atoms with Gasteiger partial charge in [-0.15, -0.1) is 0 Å². The molecule has 0 radical (unpaired) electrons. The molecule has 0 amide bonds. The summed E-state index contributed by atoms with van der Waals surface area (Å²) in [5.41, 5.74) is 0. The summed E-state index contributed by atoms with van der Waals surface area (Å²) in [4.78, 5) is 0. The van der Waals surface area contributed by atoms with Gasteiger partial charge in [0.25, 0.3) is 0 Å². The van der Waals surface area contributed by atoms with Crippen LogP contribution < -0.4 is 0 Å². The maximum atomic E-state index is 10.7. The van der Waals surface area contributed by atoms with E-state index in [1.54, 1.807) is 0 Å². The van der Waals surface area contributed by atoms with Gasteiger partial charge in [0.1, 0.15) is 8.98 Å². The van der Waals surface area contributed by atoms with Crippen LogP contribution >= 0.6 is 46.4 Å². The van der Waals surface area contributed by atoms with E-state index < -0.39 is 10.8 Å². The second-order valence-electron chi connectivity index (χ2n) is 1.14. The van der Waals surface area contributed by atoms with Gasteiger partial charge in [-0.3, -0.25) is 4.21 Å². The van der Waals surface area contributed by atoms with Crippen molar-refractivity contribution in [3.8, 4) is 0 Å². The molecule has 0 N–H and O–H groups in total. The second kappa shape index (κ2) is 5.44. The Bertz CT molecular complexity index is 169. The standard InChI is InChI=1S/C4H2Cl4OS/c5-3(6)1-10(9)2-4(7)8/h1-2H. The normalized spacial score (nSPS) is 9.30. The maximum absolute atomic E-state index is 10.7. The van der Waals surface area contributed by atoms with Crippen LogP contribution in [0.4, 0.5) is 0 Å². The molecule has 0 aromatic heterocycles. The van der Waals surface area contributed by atoms with Crippen LogP contribution in [0.5, 0.6) is 0 Å². The third-order valence-corrected chi connectivity index (χ3v) is 2.30. The Morgan fingerprint density at radius 1 is 1.00 bits per heavy atom. The summed E-state index contributed by atoms with van der Waals surface area (Å²) < 4.78 is 10.5. The summed E-state index contributed by atoms with van der Waals surface area (Å²) in [7, 11) is -1.43. The molecule has 0 aromatic carbocycles. The molecule has 0 unspecified atom stereocenters. The van der Waals surface area contributed by atoms with Crippen molar-refractivity contribution in [2.24, 2.45) is 0 Å². The number of hydrogen-bond donors (Lipinski definition) is 0. The van der Waals surface area contributed by atoms with Crippen molar-refractivity contribution in [3.63, 3.8) is 0 Å². The Labute approximate surface area is 81.0 Å². The van der Waals surface area contributed by atoms with Gasteiger partial charge in [-0.1, -0.05) is 46.4 Å². The van der Waals surface area contributed by atoms with E-state index in [0.717, 1.165) is 10.8 Å². The van der Waals surface area contributed by atoms with E-state index in [1.165, 1.54) is 0 Å². The van der Waals surface area contributed by atoms with Crippen LogP contribution in [-0.4, -0.2) is 4.21 Å². The van der Waals surface area contributed by atoms with Crippen LogP contribution in [0, 0.1) is 0 Å². The molecule has 0 rings (SSSR count). The first-order valence-corrected chi connectivity index (χ1v) is 4.76. The molecule has 0 heterocycles. The summed E-state index contributed by atoms with van der Waals surface area (Å²) in [6.07, 6.45) is 0. The monoisotopic (exact) mass is 238 g/mol. The van der Waals surface area contributed by atoms with E-state index >= 15 is 0 Å². The topological polar surface area (TPSA) is 17.1 Å². The lowest BCUT2D eigenvalue weighted by Crippen LogP contribution is -1.75. The SMILES string of the molecule is O=S(C=C(Cl)Cl)C=C(Cl)Cl. The molecular weight excluding hydrogens is 238 g/mol. The number of hydrogen-bond acceptors (Lipinski definition) is 1. The van der Waals surface area contributed by atoms with Crippen LogP contribution in [0.2, 0.25) is 0 Å². The highest BCUT2D eigenvalue weighted by Gasteiger charge is 1.92. The van der Waals surface area contributed by atoms with Crippen molar-refractivity contribution in [2.75, 3.05) is 0 Å². The van der Waals surface area contributed by atoms with Crippen molar-refractivity contribution >= 4 is 57.2 Å². The fourth-order valence-electron chi connectivity index (χ4n) is 0.210. The predicted molar refractivity (Wildman–Crippen MR) is 47.7 cm³/mol. The minimum absolute atomic E-state index is 0.0795. The number of halogens is 4. The minimum atomic E-state index is -1.43. The summed E-state index contributed by atoms with van der Waals surface area (Å²) >= 11 is 20.7. The lowest BCUT2D eigenvalue weighted by Gasteiger charge is -1.83. The van der Waals surface area contributed by atoms with Crippen molar-refractivity contribution < 1.29 is 4.21 Å². The molecule has 0 aliphatic rings. The first-order valence-electron chi connectivity index (χ1n) is 1.97. The van der Waals surface area contributed by atoms with Crippen molar-refractivity contribution in [2.45, 2.75) is 0 Å². The zero-order valence-corrected chi connectivity index (χ0v) is 8.32. The van der Waals surface area contributed by atoms with Crippen molar-refractivity contribution in [3.05, 3.63) is 19.8 Å². The Kier molecular flexibility index (Phi) is 5.87. The molecule has 0 aromatic rings. The quantitative estimate of drug-likeness (QED) is 0.723. The molecule has 0 saturated carbocycles. The average molecular weight is 240 g/mol. The molecular formula is C4H2Cl4OS. The molecule has 10 heavy (non-hydrogen) atoms. The molecule has 6 heteroatoms. The van der Waals surface area contributed by atoms with Crippen LogP contribution in [0.3, 0.4) is 0 Å². The predicted octanol–water partition coefficient (Wildman–Crippen LogP) is 3.29. The highest BCUT2D eigenvalue weighted by Crippen LogP contribution is 2.12.